The van der Waals surface area contributed by atoms with Gasteiger partial charge in [0, 0.05) is 26.9 Å². The molecular formula is C13H27NO5. The number of hydrogen-bond donors (Lipinski definition) is 2. The molecule has 0 aromatic heterocycles. The van der Waals surface area contributed by atoms with Gasteiger partial charge in [0.25, 0.3) is 0 Å². The molecule has 3 N–H and O–H groups in total. The van der Waals surface area contributed by atoms with E-state index in [-0.39, 0.29) is 0 Å². The predicted molar refractivity (Wildman–Crippen MR) is 72.2 cm³/mol. The zero-order chi connectivity index (χ0) is 14.6. The third kappa shape index (κ3) is 10.9. The molecule has 19 heavy (non-hydrogen) atoms. The monoisotopic (exact) mass is 277 g/mol. The van der Waals surface area contributed by atoms with Gasteiger partial charge in [0.15, 0.2) is 0 Å². The molecule has 0 aromatic rings. The minimum atomic E-state index is -1.13. The van der Waals surface area contributed by atoms with E-state index < -0.39 is 11.5 Å². The molecule has 0 fully saturated rings. The van der Waals surface area contributed by atoms with Crippen LogP contribution in [-0.4, -0.2) is 56.8 Å². The number of carboxylic acid groups (broad SMARTS) is 1. The molecule has 1 atom stereocenters. The van der Waals surface area contributed by atoms with Crippen molar-refractivity contribution in [2.24, 2.45) is 5.73 Å². The molecule has 0 saturated heterocycles. The lowest BCUT2D eigenvalue weighted by Crippen LogP contribution is -2.44. The van der Waals surface area contributed by atoms with Crippen LogP contribution < -0.4 is 5.73 Å². The molecule has 114 valence electrons. The number of rotatable bonds is 13. The maximum Gasteiger partial charge on any atom is 0.323 e. The second-order valence-electron chi connectivity index (χ2n) is 4.75. The van der Waals surface area contributed by atoms with Crippen molar-refractivity contribution in [3.05, 3.63) is 0 Å². The number of unbranched alkanes of at least 4 members (excludes halogenated alkanes) is 1. The Balaban J connectivity index is 3.21. The van der Waals surface area contributed by atoms with E-state index in [0.29, 0.717) is 39.5 Å². The summed E-state index contributed by atoms with van der Waals surface area (Å²) in [5.41, 5.74) is 4.48. The first kappa shape index (κ1) is 18.3. The molecule has 0 rings (SSSR count). The Morgan fingerprint density at radius 2 is 1.63 bits per heavy atom. The summed E-state index contributed by atoms with van der Waals surface area (Å²) in [6.07, 6.45) is 2.90. The fourth-order valence-corrected chi connectivity index (χ4v) is 1.41. The lowest BCUT2D eigenvalue weighted by molar-refractivity contribution is -0.142. The average Bonchev–Trinajstić information content (AvgIpc) is 2.35. The van der Waals surface area contributed by atoms with Crippen LogP contribution in [-0.2, 0) is 19.0 Å². The smallest absolute Gasteiger partial charge is 0.323 e. The van der Waals surface area contributed by atoms with Gasteiger partial charge in [0.2, 0.25) is 0 Å². The highest BCUT2D eigenvalue weighted by Gasteiger charge is 2.26. The standard InChI is InChI=1S/C13H27NO5/c1-13(14,12(15)16)6-3-4-7-18-8-5-9-19-11-10-17-2/h3-11,14H2,1-2H3,(H,15,16). The second-order valence-corrected chi connectivity index (χ2v) is 4.75. The summed E-state index contributed by atoms with van der Waals surface area (Å²) in [5, 5.41) is 8.82. The summed E-state index contributed by atoms with van der Waals surface area (Å²) in [6.45, 7) is 4.72. The van der Waals surface area contributed by atoms with Gasteiger partial charge in [-0.05, 0) is 32.6 Å². The van der Waals surface area contributed by atoms with Gasteiger partial charge in [-0.3, -0.25) is 4.79 Å². The van der Waals surface area contributed by atoms with E-state index >= 15 is 0 Å². The summed E-state index contributed by atoms with van der Waals surface area (Å²) in [4.78, 5) is 10.8. The molecule has 0 amide bonds. The number of carboxylic acids is 1. The third-order valence-corrected chi connectivity index (χ3v) is 2.73. The van der Waals surface area contributed by atoms with E-state index in [0.717, 1.165) is 19.3 Å². The highest BCUT2D eigenvalue weighted by atomic mass is 16.5. The molecule has 0 aliphatic heterocycles. The lowest BCUT2D eigenvalue weighted by atomic mass is 9.97. The summed E-state index contributed by atoms with van der Waals surface area (Å²) in [7, 11) is 1.64. The van der Waals surface area contributed by atoms with Crippen molar-refractivity contribution >= 4 is 5.97 Å². The summed E-state index contributed by atoms with van der Waals surface area (Å²) in [5.74, 6) is -0.957. The quantitative estimate of drug-likeness (QED) is 0.489. The van der Waals surface area contributed by atoms with Gasteiger partial charge in [0.1, 0.15) is 5.54 Å². The van der Waals surface area contributed by atoms with E-state index in [4.69, 9.17) is 25.1 Å². The number of aliphatic carboxylic acids is 1. The number of hydrogen-bond acceptors (Lipinski definition) is 5. The normalized spacial score (nSPS) is 14.3. The SMILES string of the molecule is COCCOCCCOCCCCC(C)(N)C(=O)O. The molecule has 1 unspecified atom stereocenters. The highest BCUT2D eigenvalue weighted by Crippen LogP contribution is 2.10. The van der Waals surface area contributed by atoms with Gasteiger partial charge in [0.05, 0.1) is 13.2 Å². The fraction of sp³-hybridized carbons (Fsp3) is 0.923. The first-order valence-electron chi connectivity index (χ1n) is 6.67. The Labute approximate surface area is 115 Å². The van der Waals surface area contributed by atoms with Crippen molar-refractivity contribution < 1.29 is 24.1 Å². The summed E-state index contributed by atoms with van der Waals surface area (Å²) < 4.78 is 15.6. The van der Waals surface area contributed by atoms with Crippen molar-refractivity contribution in [1.82, 2.24) is 0 Å². The molecule has 0 bridgehead atoms. The van der Waals surface area contributed by atoms with Crippen molar-refractivity contribution in [3.8, 4) is 0 Å². The van der Waals surface area contributed by atoms with Gasteiger partial charge in [-0.2, -0.15) is 0 Å². The van der Waals surface area contributed by atoms with E-state index in [1.807, 2.05) is 0 Å². The molecular weight excluding hydrogens is 250 g/mol. The van der Waals surface area contributed by atoms with Gasteiger partial charge < -0.3 is 25.1 Å². The lowest BCUT2D eigenvalue weighted by Gasteiger charge is -2.18. The largest absolute Gasteiger partial charge is 0.480 e. The Kier molecular flexibility index (Phi) is 10.8. The summed E-state index contributed by atoms with van der Waals surface area (Å²) in [6, 6.07) is 0. The van der Waals surface area contributed by atoms with E-state index in [1.165, 1.54) is 6.92 Å². The maximum absolute atomic E-state index is 10.8. The topological polar surface area (TPSA) is 91.0 Å². The first-order chi connectivity index (χ1) is 9.00. The Morgan fingerprint density at radius 1 is 1.05 bits per heavy atom. The number of nitrogens with two attached hydrogens (primary N) is 1. The van der Waals surface area contributed by atoms with E-state index in [1.54, 1.807) is 7.11 Å². The van der Waals surface area contributed by atoms with E-state index in [2.05, 4.69) is 0 Å². The molecule has 6 heteroatoms. The Hall–Kier alpha value is -0.690. The minimum Gasteiger partial charge on any atom is -0.480 e. The van der Waals surface area contributed by atoms with Crippen LogP contribution in [0.3, 0.4) is 0 Å². The molecule has 0 radical (unpaired) electrons. The zero-order valence-electron chi connectivity index (χ0n) is 12.0. The van der Waals surface area contributed by atoms with Crippen molar-refractivity contribution in [2.75, 3.05) is 40.1 Å². The zero-order valence-corrected chi connectivity index (χ0v) is 12.0. The molecule has 6 nitrogen and oxygen atoms in total. The highest BCUT2D eigenvalue weighted by molar-refractivity contribution is 5.77. The van der Waals surface area contributed by atoms with Crippen molar-refractivity contribution in [1.29, 1.82) is 0 Å². The van der Waals surface area contributed by atoms with Crippen LogP contribution in [0.1, 0.15) is 32.6 Å². The number of carbonyl (C=O) groups is 1. The van der Waals surface area contributed by atoms with Crippen LogP contribution in [0.15, 0.2) is 0 Å². The molecule has 0 heterocycles. The minimum absolute atomic E-state index is 0.464. The first-order valence-corrected chi connectivity index (χ1v) is 6.67. The molecule has 0 aliphatic carbocycles. The number of ether oxygens (including phenoxy) is 3. The van der Waals surface area contributed by atoms with Crippen LogP contribution in [0.4, 0.5) is 0 Å². The Morgan fingerprint density at radius 3 is 2.21 bits per heavy atom. The Bertz CT molecular complexity index is 233. The molecule has 0 saturated carbocycles. The van der Waals surface area contributed by atoms with Crippen molar-refractivity contribution in [2.45, 2.75) is 38.1 Å². The maximum atomic E-state index is 10.8. The second kappa shape index (κ2) is 11.2. The van der Waals surface area contributed by atoms with Crippen LogP contribution in [0.25, 0.3) is 0 Å². The molecule has 0 aliphatic rings. The van der Waals surface area contributed by atoms with Gasteiger partial charge >= 0.3 is 5.97 Å². The van der Waals surface area contributed by atoms with Crippen molar-refractivity contribution in [3.63, 3.8) is 0 Å². The molecule has 0 spiro atoms. The average molecular weight is 277 g/mol. The van der Waals surface area contributed by atoms with Crippen LogP contribution in [0, 0.1) is 0 Å². The van der Waals surface area contributed by atoms with Gasteiger partial charge in [-0.1, -0.05) is 0 Å². The third-order valence-electron chi connectivity index (χ3n) is 2.73. The fourth-order valence-electron chi connectivity index (χ4n) is 1.41. The van der Waals surface area contributed by atoms with Gasteiger partial charge in [-0.15, -0.1) is 0 Å². The van der Waals surface area contributed by atoms with Crippen LogP contribution >= 0.6 is 0 Å². The van der Waals surface area contributed by atoms with Crippen LogP contribution in [0.2, 0.25) is 0 Å². The van der Waals surface area contributed by atoms with E-state index in [9.17, 15) is 4.79 Å². The predicted octanol–water partition coefficient (Wildman–Crippen LogP) is 1.03. The molecule has 0 aromatic carbocycles. The van der Waals surface area contributed by atoms with Gasteiger partial charge in [-0.25, -0.2) is 0 Å². The van der Waals surface area contributed by atoms with Crippen LogP contribution in [0.5, 0.6) is 0 Å². The summed E-state index contributed by atoms with van der Waals surface area (Å²) >= 11 is 0. The number of methoxy groups -OCH3 is 1.